The standard InChI is InChI=1S/C19H15ClO3/c1-2-23-16-10-6-3-7-12(16)11-15-17(20)19(22)14-9-5-4-8-13(14)18(15)21/h3-10H,2,11H2,1H3. The van der Waals surface area contributed by atoms with Gasteiger partial charge in [-0.05, 0) is 18.6 Å². The van der Waals surface area contributed by atoms with Crippen LogP contribution in [0.5, 0.6) is 5.75 Å². The maximum atomic E-state index is 12.7. The maximum absolute atomic E-state index is 12.7. The van der Waals surface area contributed by atoms with E-state index in [0.717, 1.165) is 5.56 Å². The van der Waals surface area contributed by atoms with Crippen LogP contribution < -0.4 is 4.74 Å². The van der Waals surface area contributed by atoms with Crippen LogP contribution in [0.2, 0.25) is 0 Å². The molecule has 0 saturated carbocycles. The van der Waals surface area contributed by atoms with Crippen molar-refractivity contribution < 1.29 is 14.3 Å². The Morgan fingerprint density at radius 2 is 1.52 bits per heavy atom. The Morgan fingerprint density at radius 1 is 0.913 bits per heavy atom. The smallest absolute Gasteiger partial charge is 0.205 e. The summed E-state index contributed by atoms with van der Waals surface area (Å²) in [4.78, 5) is 25.1. The quantitative estimate of drug-likeness (QED) is 0.845. The van der Waals surface area contributed by atoms with E-state index in [1.165, 1.54) is 0 Å². The summed E-state index contributed by atoms with van der Waals surface area (Å²) in [6, 6.07) is 14.2. The second kappa shape index (κ2) is 6.39. The van der Waals surface area contributed by atoms with Crippen LogP contribution in [-0.4, -0.2) is 18.2 Å². The Morgan fingerprint density at radius 3 is 2.22 bits per heavy atom. The van der Waals surface area contributed by atoms with E-state index in [1.54, 1.807) is 24.3 Å². The van der Waals surface area contributed by atoms with Crippen molar-refractivity contribution in [3.8, 4) is 5.75 Å². The molecular formula is C19H15ClO3. The molecule has 0 aliphatic heterocycles. The molecule has 0 fully saturated rings. The summed E-state index contributed by atoms with van der Waals surface area (Å²) in [6.07, 6.45) is 0.272. The normalized spacial score (nSPS) is 14.0. The Kier molecular flexibility index (Phi) is 4.30. The number of halogens is 1. The fourth-order valence-corrected chi connectivity index (χ4v) is 2.95. The lowest BCUT2D eigenvalue weighted by atomic mass is 9.86. The first-order valence-electron chi connectivity index (χ1n) is 7.41. The highest BCUT2D eigenvalue weighted by molar-refractivity contribution is 6.50. The Bertz CT molecular complexity index is 821. The molecule has 0 unspecified atom stereocenters. The number of rotatable bonds is 4. The number of ketones is 2. The molecule has 0 radical (unpaired) electrons. The summed E-state index contributed by atoms with van der Waals surface area (Å²) in [5.74, 6) is 0.202. The SMILES string of the molecule is CCOc1ccccc1CC1=C(Cl)C(=O)c2ccccc2C1=O. The average molecular weight is 327 g/mol. The summed E-state index contributed by atoms with van der Waals surface area (Å²) in [6.45, 7) is 2.42. The number of carbonyl (C=O) groups is 2. The van der Waals surface area contributed by atoms with E-state index in [-0.39, 0.29) is 23.0 Å². The van der Waals surface area contributed by atoms with E-state index in [1.807, 2.05) is 31.2 Å². The van der Waals surface area contributed by atoms with Crippen LogP contribution in [0, 0.1) is 0 Å². The number of hydrogen-bond donors (Lipinski definition) is 0. The van der Waals surface area contributed by atoms with Crippen LogP contribution in [-0.2, 0) is 6.42 Å². The molecule has 0 bridgehead atoms. The van der Waals surface area contributed by atoms with Crippen molar-refractivity contribution >= 4 is 23.2 Å². The first kappa shape index (κ1) is 15.5. The molecule has 1 aliphatic rings. The first-order chi connectivity index (χ1) is 11.1. The van der Waals surface area contributed by atoms with E-state index in [0.29, 0.717) is 29.1 Å². The van der Waals surface area contributed by atoms with Gasteiger partial charge in [0, 0.05) is 23.1 Å². The van der Waals surface area contributed by atoms with E-state index in [2.05, 4.69) is 0 Å². The number of hydrogen-bond acceptors (Lipinski definition) is 3. The van der Waals surface area contributed by atoms with Gasteiger partial charge >= 0.3 is 0 Å². The molecule has 3 rings (SSSR count). The highest BCUT2D eigenvalue weighted by Crippen LogP contribution is 2.32. The van der Waals surface area contributed by atoms with Crippen LogP contribution in [0.15, 0.2) is 59.1 Å². The molecular weight excluding hydrogens is 312 g/mol. The summed E-state index contributed by atoms with van der Waals surface area (Å²) in [5, 5.41) is 0.00000142. The number of allylic oxidation sites excluding steroid dienone is 2. The predicted octanol–water partition coefficient (Wildman–Crippen LogP) is 4.20. The molecule has 116 valence electrons. The second-order valence-electron chi connectivity index (χ2n) is 5.21. The third kappa shape index (κ3) is 2.80. The third-order valence-corrected chi connectivity index (χ3v) is 4.19. The van der Waals surface area contributed by atoms with Crippen molar-refractivity contribution in [1.82, 2.24) is 0 Å². The summed E-state index contributed by atoms with van der Waals surface area (Å²) in [7, 11) is 0. The summed E-state index contributed by atoms with van der Waals surface area (Å²) in [5.41, 5.74) is 1.93. The van der Waals surface area contributed by atoms with E-state index in [9.17, 15) is 9.59 Å². The van der Waals surface area contributed by atoms with E-state index < -0.39 is 0 Å². The van der Waals surface area contributed by atoms with Gasteiger partial charge < -0.3 is 4.74 Å². The molecule has 0 N–H and O–H groups in total. The predicted molar refractivity (Wildman–Crippen MR) is 89.3 cm³/mol. The largest absolute Gasteiger partial charge is 0.494 e. The molecule has 2 aromatic rings. The van der Waals surface area contributed by atoms with Crippen LogP contribution in [0.4, 0.5) is 0 Å². The highest BCUT2D eigenvalue weighted by Gasteiger charge is 2.31. The summed E-state index contributed by atoms with van der Waals surface area (Å²) >= 11 is 6.20. The topological polar surface area (TPSA) is 43.4 Å². The molecule has 0 atom stereocenters. The molecule has 0 aromatic heterocycles. The maximum Gasteiger partial charge on any atom is 0.205 e. The van der Waals surface area contributed by atoms with Crippen molar-refractivity contribution in [1.29, 1.82) is 0 Å². The molecule has 0 amide bonds. The van der Waals surface area contributed by atoms with Crippen molar-refractivity contribution in [3.63, 3.8) is 0 Å². The number of fused-ring (bicyclic) bond motifs is 1. The lowest BCUT2D eigenvalue weighted by molar-refractivity contribution is 0.0979. The molecule has 4 heteroatoms. The number of para-hydroxylation sites is 1. The molecule has 0 saturated heterocycles. The zero-order chi connectivity index (χ0) is 16.4. The molecule has 2 aromatic carbocycles. The van der Waals surface area contributed by atoms with Gasteiger partial charge in [-0.15, -0.1) is 0 Å². The van der Waals surface area contributed by atoms with Gasteiger partial charge in [0.15, 0.2) is 5.78 Å². The first-order valence-corrected chi connectivity index (χ1v) is 7.79. The molecule has 1 aliphatic carbocycles. The van der Waals surface area contributed by atoms with Gasteiger partial charge in [0.2, 0.25) is 5.78 Å². The van der Waals surface area contributed by atoms with Crippen LogP contribution in [0.25, 0.3) is 0 Å². The third-order valence-electron chi connectivity index (χ3n) is 3.79. The number of Topliss-reactive ketones (excluding diaryl/α,β-unsaturated/α-hetero) is 2. The van der Waals surface area contributed by atoms with Gasteiger partial charge in [-0.2, -0.15) is 0 Å². The molecule has 0 spiro atoms. The van der Waals surface area contributed by atoms with Gasteiger partial charge in [-0.3, -0.25) is 9.59 Å². The minimum absolute atomic E-state index is 0.00000142. The molecule has 23 heavy (non-hydrogen) atoms. The van der Waals surface area contributed by atoms with Crippen LogP contribution >= 0.6 is 11.6 Å². The lowest BCUT2D eigenvalue weighted by Crippen LogP contribution is -2.21. The number of carbonyl (C=O) groups excluding carboxylic acids is 2. The fourth-order valence-electron chi connectivity index (χ4n) is 2.69. The zero-order valence-electron chi connectivity index (χ0n) is 12.6. The van der Waals surface area contributed by atoms with E-state index >= 15 is 0 Å². The number of ether oxygens (including phenoxy) is 1. The average Bonchev–Trinajstić information content (AvgIpc) is 2.58. The van der Waals surface area contributed by atoms with Crippen molar-refractivity contribution in [3.05, 3.63) is 75.8 Å². The Balaban J connectivity index is 2.02. The van der Waals surface area contributed by atoms with Crippen molar-refractivity contribution in [2.75, 3.05) is 6.61 Å². The number of benzene rings is 2. The minimum atomic E-state index is -0.300. The fraction of sp³-hybridized carbons (Fsp3) is 0.158. The van der Waals surface area contributed by atoms with Gasteiger partial charge in [-0.1, -0.05) is 54.1 Å². The van der Waals surface area contributed by atoms with Gasteiger partial charge in [-0.25, -0.2) is 0 Å². The van der Waals surface area contributed by atoms with Crippen LogP contribution in [0.3, 0.4) is 0 Å². The minimum Gasteiger partial charge on any atom is -0.494 e. The monoisotopic (exact) mass is 326 g/mol. The van der Waals surface area contributed by atoms with Gasteiger partial charge in [0.25, 0.3) is 0 Å². The highest BCUT2D eigenvalue weighted by atomic mass is 35.5. The van der Waals surface area contributed by atoms with Crippen molar-refractivity contribution in [2.45, 2.75) is 13.3 Å². The zero-order valence-corrected chi connectivity index (χ0v) is 13.4. The Hall–Kier alpha value is -2.39. The van der Waals surface area contributed by atoms with Gasteiger partial charge in [0.05, 0.1) is 11.6 Å². The molecule has 3 nitrogen and oxygen atoms in total. The summed E-state index contributed by atoms with van der Waals surface area (Å²) < 4.78 is 5.58. The van der Waals surface area contributed by atoms with Crippen LogP contribution in [0.1, 0.15) is 33.2 Å². The second-order valence-corrected chi connectivity index (χ2v) is 5.59. The molecule has 0 heterocycles. The van der Waals surface area contributed by atoms with Crippen molar-refractivity contribution in [2.24, 2.45) is 0 Å². The van der Waals surface area contributed by atoms with Gasteiger partial charge in [0.1, 0.15) is 5.75 Å². The van der Waals surface area contributed by atoms with E-state index in [4.69, 9.17) is 16.3 Å². The Labute approximate surface area is 139 Å². The lowest BCUT2D eigenvalue weighted by Gasteiger charge is -2.18.